The highest BCUT2D eigenvalue weighted by Crippen LogP contribution is 2.17. The number of nitrogens with one attached hydrogen (secondary N) is 2. The summed E-state index contributed by atoms with van der Waals surface area (Å²) in [5.74, 6) is -0.404. The minimum absolute atomic E-state index is 0.0881. The Morgan fingerprint density at radius 1 is 1.37 bits per heavy atom. The van der Waals surface area contributed by atoms with Crippen LogP contribution in [0.5, 0.6) is 0 Å². The number of carbonyl (C=O) groups is 1. The van der Waals surface area contributed by atoms with Gasteiger partial charge >= 0.3 is 5.76 Å². The maximum atomic E-state index is 12.2. The van der Waals surface area contributed by atoms with Crippen molar-refractivity contribution in [2.24, 2.45) is 0 Å². The predicted molar refractivity (Wildman–Crippen MR) is 71.4 cm³/mol. The van der Waals surface area contributed by atoms with Crippen molar-refractivity contribution in [2.75, 3.05) is 6.54 Å². The lowest BCUT2D eigenvalue weighted by molar-refractivity contribution is 0.0963. The SMILES string of the molecule is O=C(CC1CCCCN1)c1ccc2[nH]c(=O)oc2c1. The molecule has 0 aliphatic carbocycles. The third kappa shape index (κ3) is 2.61. The van der Waals surface area contributed by atoms with Crippen LogP contribution in [0.15, 0.2) is 27.4 Å². The molecular formula is C14H16N2O3. The molecule has 2 aromatic rings. The van der Waals surface area contributed by atoms with Gasteiger partial charge in [0.15, 0.2) is 11.4 Å². The van der Waals surface area contributed by atoms with Crippen molar-refractivity contribution >= 4 is 16.9 Å². The second kappa shape index (κ2) is 5.01. The molecule has 1 atom stereocenters. The molecular weight excluding hydrogens is 244 g/mol. The maximum Gasteiger partial charge on any atom is 0.417 e. The van der Waals surface area contributed by atoms with Crippen LogP contribution in [-0.4, -0.2) is 23.4 Å². The Balaban J connectivity index is 1.78. The fourth-order valence-electron chi connectivity index (χ4n) is 2.56. The summed E-state index contributed by atoms with van der Waals surface area (Å²) >= 11 is 0. The normalized spacial score (nSPS) is 19.7. The van der Waals surface area contributed by atoms with E-state index < -0.39 is 5.76 Å². The quantitative estimate of drug-likeness (QED) is 0.826. The topological polar surface area (TPSA) is 75.1 Å². The van der Waals surface area contributed by atoms with E-state index in [2.05, 4.69) is 10.3 Å². The van der Waals surface area contributed by atoms with E-state index in [1.165, 1.54) is 12.8 Å². The third-order valence-electron chi connectivity index (χ3n) is 3.59. The molecule has 0 spiro atoms. The van der Waals surface area contributed by atoms with Gasteiger partial charge in [0.05, 0.1) is 5.52 Å². The molecule has 0 saturated carbocycles. The van der Waals surface area contributed by atoms with E-state index in [4.69, 9.17) is 4.42 Å². The second-order valence-electron chi connectivity index (χ2n) is 5.00. The van der Waals surface area contributed by atoms with Gasteiger partial charge in [-0.3, -0.25) is 9.78 Å². The van der Waals surface area contributed by atoms with E-state index in [0.29, 0.717) is 23.1 Å². The molecule has 19 heavy (non-hydrogen) atoms. The van der Waals surface area contributed by atoms with Crippen LogP contribution in [0.1, 0.15) is 36.0 Å². The number of fused-ring (bicyclic) bond motifs is 1. The number of H-pyrrole nitrogens is 1. The van der Waals surface area contributed by atoms with Gasteiger partial charge in [0.1, 0.15) is 0 Å². The Morgan fingerprint density at radius 3 is 3.05 bits per heavy atom. The Hall–Kier alpha value is -1.88. The lowest BCUT2D eigenvalue weighted by Crippen LogP contribution is -2.35. The summed E-state index contributed by atoms with van der Waals surface area (Å²) in [6.45, 7) is 0.990. The van der Waals surface area contributed by atoms with E-state index in [1.807, 2.05) is 0 Å². The van der Waals surface area contributed by atoms with Gasteiger partial charge in [-0.1, -0.05) is 6.42 Å². The molecule has 1 fully saturated rings. The number of hydrogen-bond donors (Lipinski definition) is 2. The third-order valence-corrected chi connectivity index (χ3v) is 3.59. The van der Waals surface area contributed by atoms with Crippen LogP contribution in [0, 0.1) is 0 Å². The number of rotatable bonds is 3. The van der Waals surface area contributed by atoms with Crippen molar-refractivity contribution in [1.29, 1.82) is 0 Å². The molecule has 100 valence electrons. The Bertz CT molecular complexity index is 650. The first-order valence-corrected chi connectivity index (χ1v) is 6.62. The van der Waals surface area contributed by atoms with Gasteiger partial charge in [0.2, 0.25) is 0 Å². The number of ketones is 1. The highest BCUT2D eigenvalue weighted by molar-refractivity contribution is 5.98. The maximum absolute atomic E-state index is 12.2. The predicted octanol–water partition coefficient (Wildman–Crippen LogP) is 1.84. The first-order valence-electron chi connectivity index (χ1n) is 6.62. The van der Waals surface area contributed by atoms with Crippen LogP contribution >= 0.6 is 0 Å². The molecule has 0 bridgehead atoms. The first-order chi connectivity index (χ1) is 9.22. The molecule has 5 nitrogen and oxygen atoms in total. The lowest BCUT2D eigenvalue weighted by atomic mass is 9.97. The largest absolute Gasteiger partial charge is 0.417 e. The number of aromatic amines is 1. The van der Waals surface area contributed by atoms with E-state index >= 15 is 0 Å². The Labute approximate surface area is 110 Å². The van der Waals surface area contributed by atoms with Gasteiger partial charge in [-0.2, -0.15) is 0 Å². The molecule has 1 aromatic heterocycles. The molecule has 1 aliphatic rings. The fraction of sp³-hybridized carbons (Fsp3) is 0.429. The summed E-state index contributed by atoms with van der Waals surface area (Å²) in [5, 5.41) is 3.36. The van der Waals surface area contributed by atoms with Crippen LogP contribution in [0.25, 0.3) is 11.1 Å². The second-order valence-corrected chi connectivity index (χ2v) is 5.00. The summed E-state index contributed by atoms with van der Waals surface area (Å²) in [4.78, 5) is 25.8. The van der Waals surface area contributed by atoms with Crippen LogP contribution in [0.3, 0.4) is 0 Å². The fourth-order valence-corrected chi connectivity index (χ4v) is 2.56. The van der Waals surface area contributed by atoms with Gasteiger partial charge < -0.3 is 9.73 Å². The van der Waals surface area contributed by atoms with Crippen molar-refractivity contribution in [3.05, 3.63) is 34.3 Å². The summed E-state index contributed by atoms with van der Waals surface area (Å²) in [6, 6.07) is 5.36. The van der Waals surface area contributed by atoms with Crippen molar-refractivity contribution in [2.45, 2.75) is 31.7 Å². The van der Waals surface area contributed by atoms with Crippen LogP contribution in [-0.2, 0) is 0 Å². The minimum atomic E-state index is -0.492. The smallest absolute Gasteiger partial charge is 0.408 e. The number of aromatic nitrogens is 1. The molecule has 2 N–H and O–H groups in total. The van der Waals surface area contributed by atoms with Gasteiger partial charge in [-0.15, -0.1) is 0 Å². The number of Topliss-reactive ketones (excluding diaryl/α,β-unsaturated/α-hetero) is 1. The number of oxazole rings is 1. The van der Waals surface area contributed by atoms with E-state index in [9.17, 15) is 9.59 Å². The average Bonchev–Trinajstić information content (AvgIpc) is 2.78. The minimum Gasteiger partial charge on any atom is -0.408 e. The zero-order valence-electron chi connectivity index (χ0n) is 10.6. The standard InChI is InChI=1S/C14H16N2O3/c17-12(8-10-3-1-2-6-15-10)9-4-5-11-13(7-9)19-14(18)16-11/h4-5,7,10,15H,1-3,6,8H2,(H,16,18). The summed E-state index contributed by atoms with van der Waals surface area (Å²) in [5.41, 5.74) is 1.66. The molecule has 0 radical (unpaired) electrons. The van der Waals surface area contributed by atoms with Crippen molar-refractivity contribution < 1.29 is 9.21 Å². The molecule has 1 saturated heterocycles. The summed E-state index contributed by atoms with van der Waals surface area (Å²) < 4.78 is 4.97. The number of benzene rings is 1. The molecule has 1 aromatic carbocycles. The van der Waals surface area contributed by atoms with E-state index in [1.54, 1.807) is 18.2 Å². The molecule has 1 unspecified atom stereocenters. The summed E-state index contributed by atoms with van der Waals surface area (Å²) in [7, 11) is 0. The van der Waals surface area contributed by atoms with Crippen molar-refractivity contribution in [3.8, 4) is 0 Å². The highest BCUT2D eigenvalue weighted by Gasteiger charge is 2.18. The molecule has 1 aliphatic heterocycles. The highest BCUT2D eigenvalue weighted by atomic mass is 16.4. The molecule has 2 heterocycles. The Kier molecular flexibility index (Phi) is 3.21. The van der Waals surface area contributed by atoms with E-state index in [0.717, 1.165) is 13.0 Å². The van der Waals surface area contributed by atoms with Gasteiger partial charge in [0.25, 0.3) is 0 Å². The zero-order valence-corrected chi connectivity index (χ0v) is 10.6. The van der Waals surface area contributed by atoms with Crippen LogP contribution < -0.4 is 11.1 Å². The van der Waals surface area contributed by atoms with Crippen molar-refractivity contribution in [1.82, 2.24) is 10.3 Å². The number of hydrogen-bond acceptors (Lipinski definition) is 4. The monoisotopic (exact) mass is 260 g/mol. The lowest BCUT2D eigenvalue weighted by Gasteiger charge is -2.22. The summed E-state index contributed by atoms with van der Waals surface area (Å²) in [6.07, 6.45) is 3.91. The first kappa shape index (κ1) is 12.2. The number of carbonyl (C=O) groups excluding carboxylic acids is 1. The van der Waals surface area contributed by atoms with Gasteiger partial charge in [-0.25, -0.2) is 4.79 Å². The zero-order chi connectivity index (χ0) is 13.2. The molecule has 0 amide bonds. The Morgan fingerprint density at radius 2 is 2.26 bits per heavy atom. The van der Waals surface area contributed by atoms with E-state index in [-0.39, 0.29) is 11.8 Å². The van der Waals surface area contributed by atoms with Gasteiger partial charge in [0, 0.05) is 18.0 Å². The average molecular weight is 260 g/mol. The van der Waals surface area contributed by atoms with Crippen LogP contribution in [0.2, 0.25) is 0 Å². The molecule has 5 heteroatoms. The van der Waals surface area contributed by atoms with Crippen LogP contribution in [0.4, 0.5) is 0 Å². The number of piperidine rings is 1. The van der Waals surface area contributed by atoms with Gasteiger partial charge in [-0.05, 0) is 37.6 Å². The molecule has 3 rings (SSSR count). The van der Waals surface area contributed by atoms with Crippen molar-refractivity contribution in [3.63, 3.8) is 0 Å².